The summed E-state index contributed by atoms with van der Waals surface area (Å²) in [6.07, 6.45) is 2.12. The maximum atomic E-state index is 12.7. The van der Waals surface area contributed by atoms with Crippen LogP contribution in [0.5, 0.6) is 0 Å². The molecule has 0 bridgehead atoms. The average Bonchev–Trinajstić information content (AvgIpc) is 2.30. The van der Waals surface area contributed by atoms with Crippen molar-refractivity contribution in [3.8, 4) is 0 Å². The first kappa shape index (κ1) is 10.6. The number of hydrogen-bond acceptors (Lipinski definition) is 2. The summed E-state index contributed by atoms with van der Waals surface area (Å²) >= 11 is 0. The second-order valence-corrected chi connectivity index (χ2v) is 3.92. The van der Waals surface area contributed by atoms with Gasteiger partial charge in [0.2, 0.25) is 0 Å². The number of benzene rings is 1. The van der Waals surface area contributed by atoms with Crippen molar-refractivity contribution in [2.45, 2.75) is 25.0 Å². The van der Waals surface area contributed by atoms with Crippen LogP contribution in [-0.4, -0.2) is 19.7 Å². The fourth-order valence-corrected chi connectivity index (χ4v) is 1.97. The molecule has 0 radical (unpaired) electrons. The van der Waals surface area contributed by atoms with Gasteiger partial charge in [-0.05, 0) is 37.6 Å². The van der Waals surface area contributed by atoms with Crippen LogP contribution >= 0.6 is 0 Å². The molecule has 1 heterocycles. The summed E-state index contributed by atoms with van der Waals surface area (Å²) < 4.78 is 18.4. The zero-order chi connectivity index (χ0) is 10.7. The molecule has 1 aromatic rings. The summed E-state index contributed by atoms with van der Waals surface area (Å²) in [5, 5.41) is 3.26. The lowest BCUT2D eigenvalue weighted by atomic mass is 9.98. The SMILES string of the molecule is CNC1CCOC(c2ccc(F)cc2)C1. The van der Waals surface area contributed by atoms with Crippen LogP contribution in [0.1, 0.15) is 24.5 Å². The third-order valence-electron chi connectivity index (χ3n) is 2.93. The summed E-state index contributed by atoms with van der Waals surface area (Å²) in [6, 6.07) is 7.09. The average molecular weight is 209 g/mol. The van der Waals surface area contributed by atoms with Gasteiger partial charge in [-0.3, -0.25) is 0 Å². The fraction of sp³-hybridized carbons (Fsp3) is 0.500. The molecule has 2 atom stereocenters. The molecule has 1 aromatic carbocycles. The topological polar surface area (TPSA) is 21.3 Å². The van der Waals surface area contributed by atoms with Crippen molar-refractivity contribution in [2.24, 2.45) is 0 Å². The largest absolute Gasteiger partial charge is 0.373 e. The minimum absolute atomic E-state index is 0.108. The Morgan fingerprint density at radius 2 is 2.07 bits per heavy atom. The monoisotopic (exact) mass is 209 g/mol. The van der Waals surface area contributed by atoms with Gasteiger partial charge in [-0.15, -0.1) is 0 Å². The molecule has 15 heavy (non-hydrogen) atoms. The molecule has 1 N–H and O–H groups in total. The molecule has 1 aliphatic rings. The smallest absolute Gasteiger partial charge is 0.123 e. The first-order valence-corrected chi connectivity index (χ1v) is 5.34. The molecular formula is C12H16FNO. The van der Waals surface area contributed by atoms with E-state index in [9.17, 15) is 4.39 Å². The van der Waals surface area contributed by atoms with E-state index in [0.717, 1.165) is 25.0 Å². The lowest BCUT2D eigenvalue weighted by Crippen LogP contribution is -2.33. The highest BCUT2D eigenvalue weighted by Gasteiger charge is 2.22. The van der Waals surface area contributed by atoms with Crippen LogP contribution in [0.2, 0.25) is 0 Å². The van der Waals surface area contributed by atoms with Crippen LogP contribution < -0.4 is 5.32 Å². The lowest BCUT2D eigenvalue weighted by molar-refractivity contribution is 0.00152. The number of nitrogens with one attached hydrogen (secondary N) is 1. The van der Waals surface area contributed by atoms with Gasteiger partial charge in [0.15, 0.2) is 0 Å². The maximum Gasteiger partial charge on any atom is 0.123 e. The van der Waals surface area contributed by atoms with Crippen molar-refractivity contribution in [3.05, 3.63) is 35.6 Å². The number of rotatable bonds is 2. The molecule has 1 aliphatic heterocycles. The Labute approximate surface area is 89.4 Å². The van der Waals surface area contributed by atoms with Crippen LogP contribution in [0.15, 0.2) is 24.3 Å². The lowest BCUT2D eigenvalue weighted by Gasteiger charge is -2.29. The van der Waals surface area contributed by atoms with Crippen LogP contribution in [0.4, 0.5) is 4.39 Å². The van der Waals surface area contributed by atoms with Gasteiger partial charge in [0.25, 0.3) is 0 Å². The molecule has 2 nitrogen and oxygen atoms in total. The van der Waals surface area contributed by atoms with E-state index in [-0.39, 0.29) is 11.9 Å². The van der Waals surface area contributed by atoms with Gasteiger partial charge in [-0.2, -0.15) is 0 Å². The van der Waals surface area contributed by atoms with E-state index in [1.54, 1.807) is 12.1 Å². The highest BCUT2D eigenvalue weighted by atomic mass is 19.1. The van der Waals surface area contributed by atoms with E-state index in [2.05, 4.69) is 5.32 Å². The van der Waals surface area contributed by atoms with Crippen molar-refractivity contribution in [3.63, 3.8) is 0 Å². The first-order valence-electron chi connectivity index (χ1n) is 5.34. The first-order chi connectivity index (χ1) is 7.29. The van der Waals surface area contributed by atoms with E-state index in [1.807, 2.05) is 7.05 Å². The summed E-state index contributed by atoms with van der Waals surface area (Å²) in [4.78, 5) is 0. The van der Waals surface area contributed by atoms with Gasteiger partial charge in [0, 0.05) is 12.6 Å². The van der Waals surface area contributed by atoms with E-state index < -0.39 is 0 Å². The predicted octanol–water partition coefficient (Wildman–Crippen LogP) is 2.27. The zero-order valence-electron chi connectivity index (χ0n) is 8.87. The van der Waals surface area contributed by atoms with Gasteiger partial charge in [-0.1, -0.05) is 12.1 Å². The molecule has 2 rings (SSSR count). The van der Waals surface area contributed by atoms with Crippen LogP contribution in [-0.2, 0) is 4.74 Å². The van der Waals surface area contributed by atoms with Gasteiger partial charge >= 0.3 is 0 Å². The molecule has 1 saturated heterocycles. The minimum Gasteiger partial charge on any atom is -0.373 e. The highest BCUT2D eigenvalue weighted by Crippen LogP contribution is 2.27. The molecule has 82 valence electrons. The third kappa shape index (κ3) is 2.55. The molecule has 3 heteroatoms. The van der Waals surface area contributed by atoms with Crippen LogP contribution in [0, 0.1) is 5.82 Å². The van der Waals surface area contributed by atoms with E-state index >= 15 is 0 Å². The van der Waals surface area contributed by atoms with Gasteiger partial charge in [0.1, 0.15) is 5.82 Å². The Bertz CT molecular complexity index is 312. The Morgan fingerprint density at radius 3 is 2.73 bits per heavy atom. The standard InChI is InChI=1S/C12H16FNO/c1-14-11-6-7-15-12(8-11)9-2-4-10(13)5-3-9/h2-5,11-12,14H,6-8H2,1H3. The molecule has 0 aromatic heterocycles. The van der Waals surface area contributed by atoms with Gasteiger partial charge in [-0.25, -0.2) is 4.39 Å². The van der Waals surface area contributed by atoms with Gasteiger partial charge < -0.3 is 10.1 Å². The Hall–Kier alpha value is -0.930. The van der Waals surface area contributed by atoms with Crippen LogP contribution in [0.3, 0.4) is 0 Å². The molecule has 0 spiro atoms. The Morgan fingerprint density at radius 1 is 1.33 bits per heavy atom. The predicted molar refractivity (Wildman–Crippen MR) is 57.2 cm³/mol. The Kier molecular flexibility index (Phi) is 3.34. The molecule has 1 fully saturated rings. The third-order valence-corrected chi connectivity index (χ3v) is 2.93. The molecule has 0 amide bonds. The summed E-state index contributed by atoms with van der Waals surface area (Å²) in [6.45, 7) is 0.771. The van der Waals surface area contributed by atoms with Crippen molar-refractivity contribution in [1.29, 1.82) is 0 Å². The molecule has 0 saturated carbocycles. The summed E-state index contributed by atoms with van der Waals surface area (Å²) in [5.41, 5.74) is 1.07. The van der Waals surface area contributed by atoms with E-state index in [1.165, 1.54) is 12.1 Å². The zero-order valence-corrected chi connectivity index (χ0v) is 8.87. The molecule has 2 unspecified atom stereocenters. The summed E-state index contributed by atoms with van der Waals surface area (Å²) in [7, 11) is 1.97. The maximum absolute atomic E-state index is 12.7. The second kappa shape index (κ2) is 4.73. The quantitative estimate of drug-likeness (QED) is 0.806. The number of hydrogen-bond donors (Lipinski definition) is 1. The van der Waals surface area contributed by atoms with Gasteiger partial charge in [0.05, 0.1) is 6.10 Å². The minimum atomic E-state index is -0.195. The molecule has 0 aliphatic carbocycles. The van der Waals surface area contributed by atoms with Crippen molar-refractivity contribution in [1.82, 2.24) is 5.32 Å². The number of ether oxygens (including phenoxy) is 1. The fourth-order valence-electron chi connectivity index (χ4n) is 1.97. The van der Waals surface area contributed by atoms with Crippen molar-refractivity contribution in [2.75, 3.05) is 13.7 Å². The van der Waals surface area contributed by atoms with Crippen molar-refractivity contribution >= 4 is 0 Å². The second-order valence-electron chi connectivity index (χ2n) is 3.92. The molecular weight excluding hydrogens is 193 g/mol. The van der Waals surface area contributed by atoms with E-state index in [4.69, 9.17) is 4.74 Å². The van der Waals surface area contributed by atoms with Crippen LogP contribution in [0.25, 0.3) is 0 Å². The number of halogens is 1. The highest BCUT2D eigenvalue weighted by molar-refractivity contribution is 5.19. The van der Waals surface area contributed by atoms with E-state index in [0.29, 0.717) is 6.04 Å². The normalized spacial score (nSPS) is 26.5. The van der Waals surface area contributed by atoms with Crippen molar-refractivity contribution < 1.29 is 9.13 Å². The summed E-state index contributed by atoms with van der Waals surface area (Å²) in [5.74, 6) is -0.195. The Balaban J connectivity index is 2.06.